The second-order valence-electron chi connectivity index (χ2n) is 5.51. The number of guanidine groups is 1. The predicted octanol–water partition coefficient (Wildman–Crippen LogP) is 3.78. The van der Waals surface area contributed by atoms with Gasteiger partial charge < -0.3 is 10.6 Å². The van der Waals surface area contributed by atoms with Crippen LogP contribution in [0.25, 0.3) is 0 Å². The molecule has 1 aromatic carbocycles. The first kappa shape index (κ1) is 21.1. The maximum Gasteiger partial charge on any atom is 0.434 e. The number of benzene rings is 1. The summed E-state index contributed by atoms with van der Waals surface area (Å²) in [6.45, 7) is 2.90. The van der Waals surface area contributed by atoms with Gasteiger partial charge in [-0.3, -0.25) is 4.99 Å². The highest BCUT2D eigenvalue weighted by molar-refractivity contribution is 7.09. The summed E-state index contributed by atoms with van der Waals surface area (Å²) < 4.78 is 64.8. The van der Waals surface area contributed by atoms with Crippen LogP contribution in [0.15, 0.2) is 28.6 Å². The van der Waals surface area contributed by atoms with Gasteiger partial charge in [-0.1, -0.05) is 6.07 Å². The van der Waals surface area contributed by atoms with Gasteiger partial charge in [0.05, 0.1) is 5.01 Å². The Hall–Kier alpha value is -2.23. The van der Waals surface area contributed by atoms with Crippen molar-refractivity contribution in [3.8, 4) is 0 Å². The molecule has 0 fully saturated rings. The van der Waals surface area contributed by atoms with E-state index < -0.39 is 23.5 Å². The number of nitrogens with one attached hydrogen (secondary N) is 2. The molecular weight excluding hydrogens is 387 g/mol. The Balaban J connectivity index is 1.87. The number of thiazole rings is 1. The van der Waals surface area contributed by atoms with Gasteiger partial charge in [0.2, 0.25) is 0 Å². The van der Waals surface area contributed by atoms with E-state index in [0.29, 0.717) is 17.5 Å². The van der Waals surface area contributed by atoms with Crippen molar-refractivity contribution in [2.24, 2.45) is 4.99 Å². The van der Waals surface area contributed by atoms with Crippen LogP contribution in [0, 0.1) is 11.6 Å². The SMILES string of the molecule is CCNC(=NCCc1nc(C(F)(F)F)cs1)NCCc1c(F)cccc1F. The van der Waals surface area contributed by atoms with Gasteiger partial charge in [-0.15, -0.1) is 11.3 Å². The van der Waals surface area contributed by atoms with E-state index in [1.54, 1.807) is 0 Å². The average Bonchev–Trinajstić information content (AvgIpc) is 3.07. The fourth-order valence-electron chi connectivity index (χ4n) is 2.24. The van der Waals surface area contributed by atoms with Gasteiger partial charge in [-0.25, -0.2) is 13.8 Å². The molecule has 0 aliphatic heterocycles. The topological polar surface area (TPSA) is 49.3 Å². The van der Waals surface area contributed by atoms with Crippen LogP contribution >= 0.6 is 11.3 Å². The Labute approximate surface area is 157 Å². The average molecular weight is 406 g/mol. The van der Waals surface area contributed by atoms with Crippen molar-refractivity contribution >= 4 is 17.3 Å². The molecule has 0 aliphatic carbocycles. The smallest absolute Gasteiger partial charge is 0.357 e. The fraction of sp³-hybridized carbons (Fsp3) is 0.412. The van der Waals surface area contributed by atoms with Crippen molar-refractivity contribution in [1.29, 1.82) is 0 Å². The summed E-state index contributed by atoms with van der Waals surface area (Å²) >= 11 is 0.935. The maximum absolute atomic E-state index is 13.6. The molecule has 1 aromatic heterocycles. The first-order valence-corrected chi connectivity index (χ1v) is 9.16. The molecule has 10 heteroatoms. The van der Waals surface area contributed by atoms with E-state index in [2.05, 4.69) is 20.6 Å². The largest absolute Gasteiger partial charge is 0.434 e. The summed E-state index contributed by atoms with van der Waals surface area (Å²) in [7, 11) is 0. The van der Waals surface area contributed by atoms with Crippen LogP contribution in [0.2, 0.25) is 0 Å². The van der Waals surface area contributed by atoms with Gasteiger partial charge in [0.25, 0.3) is 0 Å². The molecule has 4 nitrogen and oxygen atoms in total. The zero-order valence-electron chi connectivity index (χ0n) is 14.5. The maximum atomic E-state index is 13.6. The second-order valence-corrected chi connectivity index (χ2v) is 6.45. The van der Waals surface area contributed by atoms with Crippen LogP contribution < -0.4 is 10.6 Å². The Kier molecular flexibility index (Phi) is 7.52. The second kappa shape index (κ2) is 9.63. The number of alkyl halides is 3. The van der Waals surface area contributed by atoms with E-state index in [4.69, 9.17) is 0 Å². The summed E-state index contributed by atoms with van der Waals surface area (Å²) in [4.78, 5) is 7.79. The van der Waals surface area contributed by atoms with Gasteiger partial charge in [-0.05, 0) is 25.5 Å². The predicted molar refractivity (Wildman–Crippen MR) is 94.9 cm³/mol. The van der Waals surface area contributed by atoms with E-state index in [1.165, 1.54) is 18.2 Å². The van der Waals surface area contributed by atoms with Gasteiger partial charge >= 0.3 is 6.18 Å². The molecule has 1 heterocycles. The number of rotatable bonds is 7. The highest BCUT2D eigenvalue weighted by Crippen LogP contribution is 2.30. The fourth-order valence-corrected chi connectivity index (χ4v) is 3.03. The van der Waals surface area contributed by atoms with Crippen molar-refractivity contribution in [2.45, 2.75) is 25.9 Å². The van der Waals surface area contributed by atoms with Crippen molar-refractivity contribution in [1.82, 2.24) is 15.6 Å². The molecule has 2 rings (SSSR count). The normalized spacial score (nSPS) is 12.3. The Morgan fingerprint density at radius 2 is 1.85 bits per heavy atom. The van der Waals surface area contributed by atoms with E-state index in [-0.39, 0.29) is 31.5 Å². The molecule has 0 radical (unpaired) electrons. The quantitative estimate of drug-likeness (QED) is 0.418. The lowest BCUT2D eigenvalue weighted by atomic mass is 10.1. The monoisotopic (exact) mass is 406 g/mol. The zero-order valence-corrected chi connectivity index (χ0v) is 15.4. The minimum atomic E-state index is -4.45. The van der Waals surface area contributed by atoms with E-state index in [0.717, 1.165) is 16.7 Å². The number of aliphatic imine (C=N–C) groups is 1. The summed E-state index contributed by atoms with van der Waals surface area (Å²) in [6.07, 6.45) is -4.06. The van der Waals surface area contributed by atoms with Crippen molar-refractivity contribution in [3.63, 3.8) is 0 Å². The highest BCUT2D eigenvalue weighted by Gasteiger charge is 2.33. The molecule has 0 aliphatic rings. The molecule has 0 amide bonds. The van der Waals surface area contributed by atoms with Crippen LogP contribution in [0.1, 0.15) is 23.2 Å². The van der Waals surface area contributed by atoms with Crippen LogP contribution in [-0.2, 0) is 19.0 Å². The molecular formula is C17H19F5N4S. The number of hydrogen-bond donors (Lipinski definition) is 2. The summed E-state index contributed by atoms with van der Waals surface area (Å²) in [5.74, 6) is -0.798. The van der Waals surface area contributed by atoms with Gasteiger partial charge in [-0.2, -0.15) is 13.2 Å². The third-order valence-electron chi connectivity index (χ3n) is 3.51. The molecule has 0 atom stereocenters. The number of nitrogens with zero attached hydrogens (tertiary/aromatic N) is 2. The van der Waals surface area contributed by atoms with E-state index in [1.807, 2.05) is 6.92 Å². The number of aromatic nitrogens is 1. The highest BCUT2D eigenvalue weighted by atomic mass is 32.1. The van der Waals surface area contributed by atoms with Crippen LogP contribution in [0.5, 0.6) is 0 Å². The molecule has 0 saturated carbocycles. The molecule has 27 heavy (non-hydrogen) atoms. The lowest BCUT2D eigenvalue weighted by molar-refractivity contribution is -0.140. The zero-order chi connectivity index (χ0) is 19.9. The molecule has 0 saturated heterocycles. The summed E-state index contributed by atoms with van der Waals surface area (Å²) in [6, 6.07) is 3.69. The van der Waals surface area contributed by atoms with E-state index >= 15 is 0 Å². The third-order valence-corrected chi connectivity index (χ3v) is 4.42. The molecule has 0 unspecified atom stereocenters. The first-order valence-electron chi connectivity index (χ1n) is 8.28. The third kappa shape index (κ3) is 6.46. The summed E-state index contributed by atoms with van der Waals surface area (Å²) in [5, 5.41) is 7.24. The molecule has 148 valence electrons. The molecule has 0 bridgehead atoms. The Morgan fingerprint density at radius 1 is 1.15 bits per heavy atom. The van der Waals surface area contributed by atoms with Gasteiger partial charge in [0.15, 0.2) is 11.7 Å². The summed E-state index contributed by atoms with van der Waals surface area (Å²) in [5.41, 5.74) is -0.910. The standard InChI is InChI=1S/C17H19F5N4S/c1-2-23-16(24-8-6-11-12(18)4-3-5-13(11)19)25-9-7-15-26-14(10-27-15)17(20,21)22/h3-5,10H,2,6-9H2,1H3,(H2,23,24,25). The molecule has 0 spiro atoms. The lowest BCUT2D eigenvalue weighted by Crippen LogP contribution is -2.38. The van der Waals surface area contributed by atoms with Crippen molar-refractivity contribution in [2.75, 3.05) is 19.6 Å². The van der Waals surface area contributed by atoms with Crippen LogP contribution in [0.3, 0.4) is 0 Å². The molecule has 2 aromatic rings. The van der Waals surface area contributed by atoms with Crippen molar-refractivity contribution < 1.29 is 22.0 Å². The number of hydrogen-bond acceptors (Lipinski definition) is 3. The Morgan fingerprint density at radius 3 is 2.44 bits per heavy atom. The Bertz CT molecular complexity index is 753. The van der Waals surface area contributed by atoms with Gasteiger partial charge in [0, 0.05) is 37.0 Å². The minimum absolute atomic E-state index is 0.0108. The van der Waals surface area contributed by atoms with Crippen molar-refractivity contribution in [3.05, 3.63) is 51.5 Å². The van der Waals surface area contributed by atoms with E-state index in [9.17, 15) is 22.0 Å². The number of halogens is 5. The van der Waals surface area contributed by atoms with Crippen LogP contribution in [0.4, 0.5) is 22.0 Å². The first-order chi connectivity index (χ1) is 12.8. The van der Waals surface area contributed by atoms with Crippen LogP contribution in [-0.4, -0.2) is 30.6 Å². The molecule has 2 N–H and O–H groups in total. The lowest BCUT2D eigenvalue weighted by Gasteiger charge is -2.11. The van der Waals surface area contributed by atoms with Gasteiger partial charge in [0.1, 0.15) is 11.6 Å². The minimum Gasteiger partial charge on any atom is -0.357 e.